The number of aryl methyl sites for hydroxylation is 1. The molecule has 0 amide bonds. The lowest BCUT2D eigenvalue weighted by molar-refractivity contribution is -0.671. The Hall–Kier alpha value is -3.96. The van der Waals surface area contributed by atoms with Crippen molar-refractivity contribution in [2.45, 2.75) is 19.6 Å². The molecule has 0 fully saturated rings. The van der Waals surface area contributed by atoms with Gasteiger partial charge in [-0.25, -0.2) is 14.2 Å². The third-order valence-corrected chi connectivity index (χ3v) is 7.31. The molecule has 0 radical (unpaired) electrons. The van der Waals surface area contributed by atoms with Crippen molar-refractivity contribution < 1.29 is 32.0 Å². The van der Waals surface area contributed by atoms with Gasteiger partial charge < -0.3 is 9.84 Å². The number of thiazole rings is 1. The molecule has 1 N–H and O–H groups in total. The molecule has 0 saturated heterocycles. The number of pyridine rings is 1. The van der Waals surface area contributed by atoms with Crippen LogP contribution in [-0.2, 0) is 12.7 Å². The first kappa shape index (κ1) is 26.6. The van der Waals surface area contributed by atoms with E-state index < -0.39 is 23.1 Å². The average molecular weight is 577 g/mol. The van der Waals surface area contributed by atoms with E-state index >= 15 is 0 Å². The minimum atomic E-state index is -4.71. The molecule has 0 bridgehead atoms. The van der Waals surface area contributed by atoms with Gasteiger partial charge in [-0.15, -0.1) is 11.3 Å². The summed E-state index contributed by atoms with van der Waals surface area (Å²) in [5.74, 6) is -1.27. The summed E-state index contributed by atoms with van der Waals surface area (Å²) in [6.45, 7) is 1.93. The van der Waals surface area contributed by atoms with Gasteiger partial charge in [-0.05, 0) is 55.0 Å². The molecule has 0 aliphatic carbocycles. The highest BCUT2D eigenvalue weighted by atomic mass is 35.5. The molecule has 2 aromatic carbocycles. The second-order valence-corrected chi connectivity index (χ2v) is 10.4. The monoisotopic (exact) mass is 576 g/mol. The molecule has 5 rings (SSSR count). The van der Waals surface area contributed by atoms with Gasteiger partial charge >= 0.3 is 11.7 Å². The van der Waals surface area contributed by atoms with Crippen molar-refractivity contribution in [1.29, 1.82) is 0 Å². The summed E-state index contributed by atoms with van der Waals surface area (Å²) < 4.78 is 62.7. The summed E-state index contributed by atoms with van der Waals surface area (Å²) in [5.41, 5.74) is -0.445. The van der Waals surface area contributed by atoms with E-state index in [4.69, 9.17) is 16.3 Å². The molecule has 0 atom stereocenters. The van der Waals surface area contributed by atoms with E-state index in [9.17, 15) is 27.5 Å². The van der Waals surface area contributed by atoms with Gasteiger partial charge in [-0.1, -0.05) is 17.7 Å². The lowest BCUT2D eigenvalue weighted by Crippen LogP contribution is -2.41. The smallest absolute Gasteiger partial charge is 0.416 e. The van der Waals surface area contributed by atoms with E-state index in [1.165, 1.54) is 45.6 Å². The Kier molecular flexibility index (Phi) is 6.81. The fraction of sp³-hybridized carbons (Fsp3) is 0.148. The Morgan fingerprint density at radius 2 is 1.90 bits per heavy atom. The fourth-order valence-electron chi connectivity index (χ4n) is 4.42. The lowest BCUT2D eigenvalue weighted by atomic mass is 9.98. The average Bonchev–Trinajstić information content (AvgIpc) is 3.30. The van der Waals surface area contributed by atoms with Crippen molar-refractivity contribution in [2.24, 2.45) is 0 Å². The SMILES string of the molecule is COc1cc(-c2ccc(C(F)(F)F)cc2F)cc(-c2c(O)[n+](Cc3cnc(Cl)s3)c3c(C)cccn3c2=O)c1. The Bertz CT molecular complexity index is 1800. The van der Waals surface area contributed by atoms with Gasteiger partial charge in [0.2, 0.25) is 0 Å². The quantitative estimate of drug-likeness (QED) is 0.198. The number of rotatable bonds is 5. The molecule has 39 heavy (non-hydrogen) atoms. The van der Waals surface area contributed by atoms with Crippen molar-refractivity contribution in [3.63, 3.8) is 0 Å². The minimum Gasteiger partial charge on any atom is -0.497 e. The summed E-state index contributed by atoms with van der Waals surface area (Å²) in [4.78, 5) is 18.5. The second kappa shape index (κ2) is 9.97. The molecule has 6 nitrogen and oxygen atoms in total. The van der Waals surface area contributed by atoms with Crippen LogP contribution < -0.4 is 14.9 Å². The zero-order valence-electron chi connectivity index (χ0n) is 20.4. The van der Waals surface area contributed by atoms with Gasteiger partial charge in [0.05, 0.1) is 23.7 Å². The number of halogens is 5. The maximum atomic E-state index is 14.9. The summed E-state index contributed by atoms with van der Waals surface area (Å²) in [6, 6.07) is 10.0. The molecule has 200 valence electrons. The Labute approximate surface area is 228 Å². The number of aromatic nitrogens is 3. The van der Waals surface area contributed by atoms with E-state index in [-0.39, 0.29) is 40.4 Å². The Balaban J connectivity index is 1.76. The first-order chi connectivity index (χ1) is 18.5. The molecule has 3 aromatic heterocycles. The van der Waals surface area contributed by atoms with Crippen LogP contribution >= 0.6 is 22.9 Å². The van der Waals surface area contributed by atoms with Crippen molar-refractivity contribution in [2.75, 3.05) is 7.11 Å². The van der Waals surface area contributed by atoms with Gasteiger partial charge in [0, 0.05) is 22.9 Å². The van der Waals surface area contributed by atoms with Crippen LogP contribution in [0, 0.1) is 12.7 Å². The first-order valence-corrected chi connectivity index (χ1v) is 12.6. The zero-order chi connectivity index (χ0) is 28.1. The summed E-state index contributed by atoms with van der Waals surface area (Å²) in [7, 11) is 1.36. The summed E-state index contributed by atoms with van der Waals surface area (Å²) in [5, 5.41) is 11.5. The van der Waals surface area contributed by atoms with Crippen molar-refractivity contribution in [1.82, 2.24) is 9.38 Å². The van der Waals surface area contributed by atoms with Gasteiger partial charge in [0.1, 0.15) is 18.1 Å². The van der Waals surface area contributed by atoms with Crippen LogP contribution in [-0.4, -0.2) is 21.6 Å². The van der Waals surface area contributed by atoms with Crippen molar-refractivity contribution in [3.05, 3.63) is 97.6 Å². The highest BCUT2D eigenvalue weighted by molar-refractivity contribution is 7.15. The number of benzene rings is 2. The molecule has 0 aliphatic rings. The van der Waals surface area contributed by atoms with E-state index in [2.05, 4.69) is 4.98 Å². The van der Waals surface area contributed by atoms with Crippen molar-refractivity contribution >= 4 is 28.6 Å². The van der Waals surface area contributed by atoms with Crippen LogP contribution in [0.2, 0.25) is 4.47 Å². The van der Waals surface area contributed by atoms with Gasteiger partial charge in [-0.3, -0.25) is 0 Å². The third-order valence-electron chi connectivity index (χ3n) is 6.21. The maximum Gasteiger partial charge on any atom is 0.416 e. The molecule has 5 aromatic rings. The molecule has 3 heterocycles. The number of methoxy groups -OCH3 is 1. The van der Waals surface area contributed by atoms with E-state index in [0.717, 1.165) is 12.1 Å². The topological polar surface area (TPSA) is 67.7 Å². The zero-order valence-corrected chi connectivity index (χ0v) is 22.0. The number of alkyl halides is 3. The lowest BCUT2D eigenvalue weighted by Gasteiger charge is -2.14. The Morgan fingerprint density at radius 1 is 1.15 bits per heavy atom. The van der Waals surface area contributed by atoms with Crippen LogP contribution in [0.5, 0.6) is 11.6 Å². The molecular formula is C27H19ClF4N3O3S+. The highest BCUT2D eigenvalue weighted by Crippen LogP contribution is 2.37. The van der Waals surface area contributed by atoms with Crippen LogP contribution in [0.15, 0.2) is 65.7 Å². The maximum absolute atomic E-state index is 14.9. The number of hydrogen-bond acceptors (Lipinski definition) is 5. The number of aromatic hydroxyl groups is 1. The van der Waals surface area contributed by atoms with Crippen LogP contribution in [0.25, 0.3) is 27.9 Å². The molecular weight excluding hydrogens is 558 g/mol. The van der Waals surface area contributed by atoms with E-state index in [1.807, 2.05) is 0 Å². The third kappa shape index (κ3) is 4.95. The van der Waals surface area contributed by atoms with Crippen molar-refractivity contribution in [3.8, 4) is 33.9 Å². The largest absolute Gasteiger partial charge is 0.497 e. The minimum absolute atomic E-state index is 0.110. The van der Waals surface area contributed by atoms with Crippen LogP contribution in [0.3, 0.4) is 0 Å². The molecule has 0 saturated carbocycles. The standard InChI is InChI=1S/C27H18ClF4N3O3S/c1-14-4-3-7-34-23(14)35(13-19-12-33-26(28)39-19)25(37)22(24(34)36)16-8-15(9-18(10-16)38-2)20-6-5-17(11-21(20)29)27(30,31)32/h3-12H,13H2,1-2H3/p+1. The first-order valence-electron chi connectivity index (χ1n) is 11.4. The number of nitrogens with zero attached hydrogens (tertiary/aromatic N) is 3. The number of hydrogen-bond donors (Lipinski definition) is 1. The second-order valence-electron chi connectivity index (χ2n) is 8.70. The molecule has 0 aliphatic heterocycles. The predicted molar refractivity (Wildman–Crippen MR) is 139 cm³/mol. The normalized spacial score (nSPS) is 11.8. The highest BCUT2D eigenvalue weighted by Gasteiger charge is 2.32. The summed E-state index contributed by atoms with van der Waals surface area (Å²) in [6.07, 6.45) is -1.59. The van der Waals surface area contributed by atoms with Gasteiger partial charge in [0.15, 0.2) is 10.0 Å². The van der Waals surface area contributed by atoms with Gasteiger partial charge in [0.25, 0.3) is 11.5 Å². The van der Waals surface area contributed by atoms with Crippen LogP contribution in [0.4, 0.5) is 17.6 Å². The number of ether oxygens (including phenoxy) is 1. The number of fused-ring (bicyclic) bond motifs is 1. The Morgan fingerprint density at radius 3 is 2.54 bits per heavy atom. The van der Waals surface area contributed by atoms with E-state index in [1.54, 1.807) is 31.5 Å². The predicted octanol–water partition coefficient (Wildman–Crippen LogP) is 6.26. The molecule has 0 unspecified atom stereocenters. The molecule has 0 spiro atoms. The van der Waals surface area contributed by atoms with Crippen LogP contribution in [0.1, 0.15) is 16.0 Å². The van der Waals surface area contributed by atoms with E-state index in [0.29, 0.717) is 26.6 Å². The summed E-state index contributed by atoms with van der Waals surface area (Å²) >= 11 is 7.21. The van der Waals surface area contributed by atoms with Gasteiger partial charge in [-0.2, -0.15) is 22.1 Å². The fourth-order valence-corrected chi connectivity index (χ4v) is 5.39. The molecule has 12 heteroatoms.